The number of aryl methyl sites for hydroxylation is 1. The van der Waals surface area contributed by atoms with Gasteiger partial charge in [0, 0.05) is 18.4 Å². The molecule has 6 nitrogen and oxygen atoms in total. The number of nitrogens with one attached hydrogen (secondary N) is 1. The van der Waals surface area contributed by atoms with E-state index in [2.05, 4.69) is 15.5 Å². The van der Waals surface area contributed by atoms with E-state index in [-0.39, 0.29) is 24.4 Å². The van der Waals surface area contributed by atoms with Crippen molar-refractivity contribution in [3.05, 3.63) is 60.2 Å². The van der Waals surface area contributed by atoms with Gasteiger partial charge in [0.15, 0.2) is 0 Å². The summed E-state index contributed by atoms with van der Waals surface area (Å²) in [6.07, 6.45) is 0.377. The molecule has 128 valence electrons. The Labute approximate surface area is 143 Å². The molecular weight excluding hydrogens is 325 g/mol. The average Bonchev–Trinajstić information content (AvgIpc) is 3.11. The van der Waals surface area contributed by atoms with Crippen LogP contribution < -0.4 is 10.1 Å². The zero-order chi connectivity index (χ0) is 17.6. The van der Waals surface area contributed by atoms with Crippen molar-refractivity contribution in [1.29, 1.82) is 0 Å². The van der Waals surface area contributed by atoms with Crippen LogP contribution in [0.2, 0.25) is 0 Å². The maximum absolute atomic E-state index is 13.5. The molecule has 0 radical (unpaired) electrons. The zero-order valence-electron chi connectivity index (χ0n) is 13.5. The van der Waals surface area contributed by atoms with E-state index in [1.54, 1.807) is 43.5 Å². The molecule has 1 aromatic heterocycles. The molecule has 0 bridgehead atoms. The lowest BCUT2D eigenvalue weighted by atomic mass is 10.2. The van der Waals surface area contributed by atoms with Crippen LogP contribution in [-0.2, 0) is 11.2 Å². The van der Waals surface area contributed by atoms with Gasteiger partial charge in [-0.3, -0.25) is 4.79 Å². The Balaban J connectivity index is 1.58. The topological polar surface area (TPSA) is 77.2 Å². The second kappa shape index (κ2) is 7.57. The molecule has 0 aliphatic heterocycles. The van der Waals surface area contributed by atoms with Gasteiger partial charge in [-0.25, -0.2) is 4.39 Å². The van der Waals surface area contributed by atoms with Gasteiger partial charge in [0.05, 0.1) is 12.8 Å². The van der Waals surface area contributed by atoms with Crippen LogP contribution in [0.1, 0.15) is 12.3 Å². The number of ether oxygens (including phenoxy) is 1. The SMILES string of the molecule is COc1ccc(-c2nnc(CCC(=O)Nc3ccccc3F)o2)cc1. The Morgan fingerprint density at radius 2 is 1.92 bits per heavy atom. The van der Waals surface area contributed by atoms with Gasteiger partial charge in [0.2, 0.25) is 17.7 Å². The molecule has 0 saturated heterocycles. The number of anilines is 1. The highest BCUT2D eigenvalue weighted by Crippen LogP contribution is 2.21. The van der Waals surface area contributed by atoms with Crippen LogP contribution in [0.25, 0.3) is 11.5 Å². The molecule has 1 heterocycles. The van der Waals surface area contributed by atoms with Crippen molar-refractivity contribution < 1.29 is 18.3 Å². The molecular formula is C18H16FN3O3. The maximum atomic E-state index is 13.5. The molecule has 0 aliphatic rings. The van der Waals surface area contributed by atoms with Crippen molar-refractivity contribution in [1.82, 2.24) is 10.2 Å². The van der Waals surface area contributed by atoms with Gasteiger partial charge in [-0.05, 0) is 36.4 Å². The maximum Gasteiger partial charge on any atom is 0.247 e. The summed E-state index contributed by atoms with van der Waals surface area (Å²) in [5.74, 6) is 0.639. The number of carbonyl (C=O) groups excluding carboxylic acids is 1. The summed E-state index contributed by atoms with van der Waals surface area (Å²) in [6, 6.07) is 13.2. The van der Waals surface area contributed by atoms with E-state index >= 15 is 0 Å². The molecule has 0 unspecified atom stereocenters. The molecule has 2 aromatic carbocycles. The number of rotatable bonds is 6. The monoisotopic (exact) mass is 341 g/mol. The van der Waals surface area contributed by atoms with Crippen molar-refractivity contribution >= 4 is 11.6 Å². The Hall–Kier alpha value is -3.22. The first kappa shape index (κ1) is 16.6. The first-order valence-electron chi connectivity index (χ1n) is 7.67. The number of halogens is 1. The quantitative estimate of drug-likeness (QED) is 0.743. The molecule has 0 aliphatic carbocycles. The summed E-state index contributed by atoms with van der Waals surface area (Å²) in [6.45, 7) is 0. The van der Waals surface area contributed by atoms with Crippen LogP contribution in [0.4, 0.5) is 10.1 Å². The minimum Gasteiger partial charge on any atom is -0.497 e. The van der Waals surface area contributed by atoms with Crippen molar-refractivity contribution in [3.8, 4) is 17.2 Å². The first-order chi connectivity index (χ1) is 12.2. The Morgan fingerprint density at radius 1 is 1.16 bits per heavy atom. The summed E-state index contributed by atoms with van der Waals surface area (Å²) < 4.78 is 24.1. The van der Waals surface area contributed by atoms with Gasteiger partial charge >= 0.3 is 0 Å². The number of aromatic nitrogens is 2. The van der Waals surface area contributed by atoms with E-state index in [9.17, 15) is 9.18 Å². The van der Waals surface area contributed by atoms with Gasteiger partial charge in [-0.1, -0.05) is 12.1 Å². The zero-order valence-corrected chi connectivity index (χ0v) is 13.5. The fourth-order valence-corrected chi connectivity index (χ4v) is 2.20. The second-order valence-electron chi connectivity index (χ2n) is 5.26. The lowest BCUT2D eigenvalue weighted by molar-refractivity contribution is -0.116. The summed E-state index contributed by atoms with van der Waals surface area (Å²) in [4.78, 5) is 11.9. The number of hydrogen-bond acceptors (Lipinski definition) is 5. The fraction of sp³-hybridized carbons (Fsp3) is 0.167. The van der Waals surface area contributed by atoms with Crippen LogP contribution in [0.3, 0.4) is 0 Å². The van der Waals surface area contributed by atoms with Crippen molar-refractivity contribution in [2.24, 2.45) is 0 Å². The lowest BCUT2D eigenvalue weighted by Crippen LogP contribution is -2.13. The highest BCUT2D eigenvalue weighted by Gasteiger charge is 2.12. The number of amides is 1. The van der Waals surface area contributed by atoms with Crippen molar-refractivity contribution in [2.45, 2.75) is 12.8 Å². The van der Waals surface area contributed by atoms with Crippen molar-refractivity contribution in [2.75, 3.05) is 12.4 Å². The molecule has 3 rings (SSSR count). The van der Waals surface area contributed by atoms with E-state index in [0.717, 1.165) is 11.3 Å². The Morgan fingerprint density at radius 3 is 2.64 bits per heavy atom. The molecule has 3 aromatic rings. The third-order valence-corrected chi connectivity index (χ3v) is 3.52. The van der Waals surface area contributed by atoms with Crippen LogP contribution in [0.15, 0.2) is 52.9 Å². The Bertz CT molecular complexity index is 862. The molecule has 0 spiro atoms. The number of hydrogen-bond donors (Lipinski definition) is 1. The van der Waals surface area contributed by atoms with E-state index in [1.807, 2.05) is 0 Å². The molecule has 0 fully saturated rings. The van der Waals surface area contributed by atoms with Gasteiger partial charge in [0.25, 0.3) is 0 Å². The van der Waals surface area contributed by atoms with Crippen LogP contribution in [-0.4, -0.2) is 23.2 Å². The van der Waals surface area contributed by atoms with Gasteiger partial charge < -0.3 is 14.5 Å². The second-order valence-corrected chi connectivity index (χ2v) is 5.26. The summed E-state index contributed by atoms with van der Waals surface area (Å²) in [5.41, 5.74) is 0.910. The minimum absolute atomic E-state index is 0.110. The van der Waals surface area contributed by atoms with E-state index < -0.39 is 5.82 Å². The van der Waals surface area contributed by atoms with Gasteiger partial charge in [-0.15, -0.1) is 10.2 Å². The molecule has 7 heteroatoms. The minimum atomic E-state index is -0.476. The van der Waals surface area contributed by atoms with Gasteiger partial charge in [0.1, 0.15) is 11.6 Å². The smallest absolute Gasteiger partial charge is 0.247 e. The molecule has 1 amide bonds. The van der Waals surface area contributed by atoms with Crippen molar-refractivity contribution in [3.63, 3.8) is 0 Å². The summed E-state index contributed by atoms with van der Waals surface area (Å²) in [5, 5.41) is 10.4. The molecule has 0 atom stereocenters. The van der Waals surface area contributed by atoms with Crippen LogP contribution >= 0.6 is 0 Å². The standard InChI is InChI=1S/C18H16FN3O3/c1-24-13-8-6-12(7-9-13)18-22-21-17(25-18)11-10-16(23)20-15-5-3-2-4-14(15)19/h2-9H,10-11H2,1H3,(H,20,23). The molecule has 25 heavy (non-hydrogen) atoms. The first-order valence-corrected chi connectivity index (χ1v) is 7.67. The predicted octanol–water partition coefficient (Wildman–Crippen LogP) is 3.46. The fourth-order valence-electron chi connectivity index (χ4n) is 2.20. The van der Waals surface area contributed by atoms with E-state index in [4.69, 9.17) is 9.15 Å². The highest BCUT2D eigenvalue weighted by molar-refractivity contribution is 5.90. The number of para-hydroxylation sites is 1. The Kier molecular flexibility index (Phi) is 5.03. The summed E-state index contributed by atoms with van der Waals surface area (Å²) in [7, 11) is 1.59. The van der Waals surface area contributed by atoms with E-state index in [0.29, 0.717) is 11.8 Å². The molecule has 1 N–H and O–H groups in total. The number of benzene rings is 2. The third kappa shape index (κ3) is 4.20. The van der Waals surface area contributed by atoms with Gasteiger partial charge in [-0.2, -0.15) is 0 Å². The highest BCUT2D eigenvalue weighted by atomic mass is 19.1. The average molecular weight is 341 g/mol. The normalized spacial score (nSPS) is 10.5. The predicted molar refractivity (Wildman–Crippen MR) is 89.6 cm³/mol. The molecule has 0 saturated carbocycles. The number of carbonyl (C=O) groups is 1. The van der Waals surface area contributed by atoms with Crippen LogP contribution in [0, 0.1) is 5.82 Å². The number of methoxy groups -OCH3 is 1. The third-order valence-electron chi connectivity index (χ3n) is 3.52. The number of nitrogens with zero attached hydrogens (tertiary/aromatic N) is 2. The van der Waals surface area contributed by atoms with Crippen LogP contribution in [0.5, 0.6) is 5.75 Å². The largest absolute Gasteiger partial charge is 0.497 e. The lowest BCUT2D eigenvalue weighted by Gasteiger charge is -2.04. The van der Waals surface area contributed by atoms with E-state index in [1.165, 1.54) is 12.1 Å². The summed E-state index contributed by atoms with van der Waals surface area (Å²) >= 11 is 0.